The molecular weight excluding hydrogens is 594 g/mol. The average molecular weight is 627 g/mol. The Labute approximate surface area is 265 Å². The Morgan fingerprint density at radius 3 is 2.44 bits per heavy atom. The van der Waals surface area contributed by atoms with Gasteiger partial charge in [-0.3, -0.25) is 9.88 Å². The van der Waals surface area contributed by atoms with Gasteiger partial charge in [-0.25, -0.2) is 13.5 Å². The van der Waals surface area contributed by atoms with Crippen LogP contribution < -0.4 is 10.6 Å². The van der Waals surface area contributed by atoms with Crippen LogP contribution in [0.3, 0.4) is 0 Å². The van der Waals surface area contributed by atoms with Crippen molar-refractivity contribution in [1.29, 1.82) is 5.26 Å². The van der Waals surface area contributed by atoms with E-state index in [0.29, 0.717) is 27.3 Å². The highest BCUT2D eigenvalue weighted by Gasteiger charge is 2.29. The minimum absolute atomic E-state index is 0.135. The molecule has 0 saturated carbocycles. The minimum atomic E-state index is -1.00. The molecule has 1 aliphatic heterocycles. The summed E-state index contributed by atoms with van der Waals surface area (Å²) in [5.41, 5.74) is 3.85. The first kappa shape index (κ1) is 30.4. The molecule has 1 aliphatic rings. The molecule has 45 heavy (non-hydrogen) atoms. The number of aromatic nitrogens is 4. The van der Waals surface area contributed by atoms with E-state index < -0.39 is 11.6 Å². The van der Waals surface area contributed by atoms with Gasteiger partial charge in [0.2, 0.25) is 0 Å². The first-order chi connectivity index (χ1) is 21.6. The number of nitrogens with one attached hydrogen (secondary N) is 2. The fourth-order valence-corrected chi connectivity index (χ4v) is 6.09. The number of likely N-dealkylation sites (tertiary alicyclic amines) is 1. The van der Waals surface area contributed by atoms with Gasteiger partial charge in [0.15, 0.2) is 11.6 Å². The van der Waals surface area contributed by atoms with Crippen molar-refractivity contribution in [2.24, 2.45) is 0 Å². The second kappa shape index (κ2) is 12.4. The van der Waals surface area contributed by atoms with Crippen LogP contribution in [0.15, 0.2) is 73.1 Å². The van der Waals surface area contributed by atoms with Crippen molar-refractivity contribution in [3.8, 4) is 6.07 Å². The zero-order valence-corrected chi connectivity index (χ0v) is 26.0. The molecule has 0 amide bonds. The zero-order chi connectivity index (χ0) is 31.7. The molecule has 3 heterocycles. The predicted molar refractivity (Wildman–Crippen MR) is 173 cm³/mol. The Balaban J connectivity index is 1.35. The number of rotatable bonds is 7. The summed E-state index contributed by atoms with van der Waals surface area (Å²) < 4.78 is 29.6. The molecule has 1 atom stereocenters. The number of fused-ring (bicyclic) bond motifs is 1. The smallest absolute Gasteiger partial charge is 0.160 e. The molecule has 1 saturated heterocycles. The molecule has 2 aromatic heterocycles. The van der Waals surface area contributed by atoms with Crippen molar-refractivity contribution in [2.45, 2.75) is 51.2 Å². The molecule has 1 unspecified atom stereocenters. The molecule has 5 aromatic rings. The van der Waals surface area contributed by atoms with Crippen molar-refractivity contribution in [3.63, 3.8) is 0 Å². The summed E-state index contributed by atoms with van der Waals surface area (Å²) in [6.07, 6.45) is 5.40. The topological polar surface area (TPSA) is 94.7 Å². The summed E-state index contributed by atoms with van der Waals surface area (Å²) in [5.74, 6) is -1.97. The third-order valence-corrected chi connectivity index (χ3v) is 8.58. The van der Waals surface area contributed by atoms with Crippen molar-refractivity contribution >= 4 is 39.6 Å². The van der Waals surface area contributed by atoms with Gasteiger partial charge in [-0.15, -0.1) is 5.10 Å². The highest BCUT2D eigenvalue weighted by Crippen LogP contribution is 2.37. The Kier molecular flexibility index (Phi) is 8.40. The van der Waals surface area contributed by atoms with Crippen LogP contribution in [-0.4, -0.2) is 43.5 Å². The maximum Gasteiger partial charge on any atom is 0.160 e. The summed E-state index contributed by atoms with van der Waals surface area (Å²) in [6.45, 7) is 8.73. The average Bonchev–Trinajstić information content (AvgIpc) is 3.52. The number of nitrogens with zero attached hydrogens (tertiary/aromatic N) is 6. The Morgan fingerprint density at radius 2 is 1.76 bits per heavy atom. The molecule has 8 nitrogen and oxygen atoms in total. The van der Waals surface area contributed by atoms with Crippen LogP contribution in [0, 0.1) is 23.0 Å². The van der Waals surface area contributed by atoms with Crippen LogP contribution in [0.4, 0.5) is 25.8 Å². The number of pyridine rings is 1. The summed E-state index contributed by atoms with van der Waals surface area (Å²) in [6, 6.07) is 19.0. The molecular formula is C34H33ClF2N8. The largest absolute Gasteiger partial charge is 0.373 e. The van der Waals surface area contributed by atoms with Gasteiger partial charge in [0.05, 0.1) is 40.1 Å². The highest BCUT2D eigenvalue weighted by molar-refractivity contribution is 6.36. The van der Waals surface area contributed by atoms with Crippen molar-refractivity contribution < 1.29 is 8.78 Å². The first-order valence-electron chi connectivity index (χ1n) is 14.8. The summed E-state index contributed by atoms with van der Waals surface area (Å²) in [7, 11) is 0. The summed E-state index contributed by atoms with van der Waals surface area (Å²) >= 11 is 6.74. The fourth-order valence-electron chi connectivity index (χ4n) is 5.82. The number of anilines is 3. The van der Waals surface area contributed by atoms with Crippen LogP contribution in [0.25, 0.3) is 10.9 Å². The second-order valence-corrected chi connectivity index (χ2v) is 12.7. The van der Waals surface area contributed by atoms with Crippen molar-refractivity contribution in [1.82, 2.24) is 24.9 Å². The van der Waals surface area contributed by atoms with E-state index in [1.165, 1.54) is 12.3 Å². The molecule has 230 valence electrons. The number of hydrogen-bond acceptors (Lipinski definition) is 7. The van der Waals surface area contributed by atoms with Gasteiger partial charge >= 0.3 is 0 Å². The number of nitriles is 1. The lowest BCUT2D eigenvalue weighted by molar-refractivity contribution is 0.0866. The molecule has 6 rings (SSSR count). The van der Waals surface area contributed by atoms with Crippen LogP contribution in [0.1, 0.15) is 62.5 Å². The molecule has 2 N–H and O–H groups in total. The molecule has 0 spiro atoms. The van der Waals surface area contributed by atoms with Crippen LogP contribution >= 0.6 is 11.6 Å². The van der Waals surface area contributed by atoms with Gasteiger partial charge in [-0.2, -0.15) is 5.26 Å². The molecule has 1 fully saturated rings. The molecule has 0 radical (unpaired) electrons. The van der Waals surface area contributed by atoms with Gasteiger partial charge in [-0.05, 0) is 63.4 Å². The van der Waals surface area contributed by atoms with Crippen molar-refractivity contribution in [2.75, 3.05) is 23.7 Å². The van der Waals surface area contributed by atoms with Gasteiger partial charge < -0.3 is 10.6 Å². The first-order valence-corrected chi connectivity index (χ1v) is 15.2. The third kappa shape index (κ3) is 6.46. The van der Waals surface area contributed by atoms with Crippen LogP contribution in [0.5, 0.6) is 0 Å². The summed E-state index contributed by atoms with van der Waals surface area (Å²) in [5, 5.41) is 26.6. The lowest BCUT2D eigenvalue weighted by atomic mass is 9.98. The maximum atomic E-state index is 14.0. The van der Waals surface area contributed by atoms with E-state index in [2.05, 4.69) is 57.7 Å². The van der Waals surface area contributed by atoms with E-state index >= 15 is 0 Å². The molecule has 0 aliphatic carbocycles. The lowest BCUT2D eigenvalue weighted by Gasteiger charge is -2.40. The van der Waals surface area contributed by atoms with Crippen LogP contribution in [-0.2, 0) is 0 Å². The van der Waals surface area contributed by atoms with E-state index in [1.54, 1.807) is 6.07 Å². The number of hydrogen-bond donors (Lipinski definition) is 2. The standard InChI is InChI=1S/C34H33ClF2N8/c1-34(2,3)44-13-11-25(12-14-44)45-20-30(42-43-45)32(21-7-5-4-6-8-21)41-24-15-26-31(40-23-9-10-28(36)29(37)17-23)22(18-38)19-39-33(26)27(35)16-24/h4-10,15-17,19-20,25,32,41H,11-14H2,1-3H3,(H,39,40). The maximum absolute atomic E-state index is 14.0. The van der Waals surface area contributed by atoms with E-state index in [-0.39, 0.29) is 28.9 Å². The second-order valence-electron chi connectivity index (χ2n) is 12.3. The number of halogens is 3. The Hall–Kier alpha value is -4.59. The normalized spacial score (nSPS) is 15.1. The quantitative estimate of drug-likeness (QED) is 0.189. The zero-order valence-electron chi connectivity index (χ0n) is 25.2. The van der Waals surface area contributed by atoms with E-state index in [1.807, 2.05) is 47.3 Å². The van der Waals surface area contributed by atoms with E-state index in [4.69, 9.17) is 11.6 Å². The summed E-state index contributed by atoms with van der Waals surface area (Å²) in [4.78, 5) is 6.91. The molecule has 3 aromatic carbocycles. The fraction of sp³-hybridized carbons (Fsp3) is 0.294. The van der Waals surface area contributed by atoms with Gasteiger partial charge in [0, 0.05) is 47.7 Å². The van der Waals surface area contributed by atoms with Gasteiger partial charge in [0.25, 0.3) is 0 Å². The van der Waals surface area contributed by atoms with E-state index in [9.17, 15) is 14.0 Å². The lowest BCUT2D eigenvalue weighted by Crippen LogP contribution is -2.46. The van der Waals surface area contributed by atoms with Crippen molar-refractivity contribution in [3.05, 3.63) is 107 Å². The van der Waals surface area contributed by atoms with Gasteiger partial charge in [-0.1, -0.05) is 47.1 Å². The Bertz CT molecular complexity index is 1870. The van der Waals surface area contributed by atoms with E-state index in [0.717, 1.165) is 49.3 Å². The highest BCUT2D eigenvalue weighted by atomic mass is 35.5. The molecule has 0 bridgehead atoms. The SMILES string of the molecule is CC(C)(C)N1CCC(n2cc(C(Nc3cc(Cl)c4ncc(C#N)c(Nc5ccc(F)c(F)c5)c4c3)c3ccccc3)nn2)CC1. The number of piperidine rings is 1. The van der Waals surface area contributed by atoms with Crippen LogP contribution in [0.2, 0.25) is 5.02 Å². The Morgan fingerprint density at radius 1 is 1.00 bits per heavy atom. The monoisotopic (exact) mass is 626 g/mol. The molecule has 11 heteroatoms. The minimum Gasteiger partial charge on any atom is -0.373 e. The van der Waals surface area contributed by atoms with Gasteiger partial charge in [0.1, 0.15) is 11.8 Å². The third-order valence-electron chi connectivity index (χ3n) is 8.29. The number of benzene rings is 3. The predicted octanol–water partition coefficient (Wildman–Crippen LogP) is 8.01.